The molecular formula is C18H23N3. The first-order chi connectivity index (χ1) is 10.3. The Labute approximate surface area is 127 Å². The summed E-state index contributed by atoms with van der Waals surface area (Å²) in [7, 11) is 0. The number of pyridine rings is 1. The molecule has 3 nitrogen and oxygen atoms in total. The molecule has 2 heterocycles. The second-order valence-corrected chi connectivity index (χ2v) is 5.76. The highest BCUT2D eigenvalue weighted by atomic mass is 15.1. The van der Waals surface area contributed by atoms with Crippen LogP contribution in [0.4, 0.5) is 5.69 Å². The molecule has 0 bridgehead atoms. The fourth-order valence-electron chi connectivity index (χ4n) is 3.03. The van der Waals surface area contributed by atoms with Crippen LogP contribution in [-0.2, 0) is 13.0 Å². The first-order valence-corrected chi connectivity index (χ1v) is 7.79. The smallest absolute Gasteiger partial charge is 0.0543 e. The van der Waals surface area contributed by atoms with Crippen LogP contribution in [0.1, 0.15) is 18.2 Å². The monoisotopic (exact) mass is 281 g/mol. The van der Waals surface area contributed by atoms with Gasteiger partial charge in [-0.25, -0.2) is 0 Å². The van der Waals surface area contributed by atoms with Crippen molar-refractivity contribution in [3.05, 3.63) is 59.9 Å². The zero-order chi connectivity index (χ0) is 14.5. The lowest BCUT2D eigenvalue weighted by Gasteiger charge is -2.30. The molecule has 3 heteroatoms. The molecule has 21 heavy (non-hydrogen) atoms. The summed E-state index contributed by atoms with van der Waals surface area (Å²) in [6.07, 6.45) is 3.05. The van der Waals surface area contributed by atoms with E-state index in [-0.39, 0.29) is 0 Å². The number of hydrogen-bond acceptors (Lipinski definition) is 3. The molecule has 1 unspecified atom stereocenters. The topological polar surface area (TPSA) is 28.2 Å². The van der Waals surface area contributed by atoms with Gasteiger partial charge in [0.25, 0.3) is 0 Å². The maximum absolute atomic E-state index is 4.44. The molecule has 1 aromatic heterocycles. The number of fused-ring (bicyclic) bond motifs is 1. The standard InChI is InChI=1S/C18H23N3/c1-2-21(14-17-8-5-6-10-19-17)13-15-11-16-7-3-4-9-18(16)20-12-15/h3-10,15,20H,2,11-14H2,1H3. The van der Waals surface area contributed by atoms with Crippen molar-refractivity contribution in [3.8, 4) is 0 Å². The van der Waals surface area contributed by atoms with Gasteiger partial charge in [-0.1, -0.05) is 31.2 Å². The minimum atomic E-state index is 0.670. The van der Waals surface area contributed by atoms with Crippen molar-refractivity contribution in [1.29, 1.82) is 0 Å². The minimum Gasteiger partial charge on any atom is -0.384 e. The van der Waals surface area contributed by atoms with Crippen molar-refractivity contribution >= 4 is 5.69 Å². The molecule has 3 rings (SSSR count). The molecule has 0 spiro atoms. The number of anilines is 1. The first-order valence-electron chi connectivity index (χ1n) is 7.79. The molecule has 0 saturated heterocycles. The van der Waals surface area contributed by atoms with E-state index < -0.39 is 0 Å². The van der Waals surface area contributed by atoms with E-state index in [0.717, 1.165) is 31.9 Å². The molecular weight excluding hydrogens is 258 g/mol. The highest BCUT2D eigenvalue weighted by Crippen LogP contribution is 2.24. The first kappa shape index (κ1) is 14.1. The average molecular weight is 281 g/mol. The van der Waals surface area contributed by atoms with E-state index >= 15 is 0 Å². The lowest BCUT2D eigenvalue weighted by Crippen LogP contribution is -2.35. The largest absolute Gasteiger partial charge is 0.384 e. The summed E-state index contributed by atoms with van der Waals surface area (Å²) in [5.74, 6) is 0.670. The zero-order valence-corrected chi connectivity index (χ0v) is 12.6. The highest BCUT2D eigenvalue weighted by molar-refractivity contribution is 5.53. The minimum absolute atomic E-state index is 0.670. The van der Waals surface area contributed by atoms with Crippen molar-refractivity contribution in [2.24, 2.45) is 5.92 Å². The molecule has 1 aromatic carbocycles. The Morgan fingerprint density at radius 1 is 1.19 bits per heavy atom. The van der Waals surface area contributed by atoms with Gasteiger partial charge in [0.2, 0.25) is 0 Å². The number of rotatable bonds is 5. The number of nitrogens with one attached hydrogen (secondary N) is 1. The van der Waals surface area contributed by atoms with Gasteiger partial charge in [-0.15, -0.1) is 0 Å². The summed E-state index contributed by atoms with van der Waals surface area (Å²) in [4.78, 5) is 6.93. The summed E-state index contributed by atoms with van der Waals surface area (Å²) in [6, 6.07) is 14.8. The number of benzene rings is 1. The second kappa shape index (κ2) is 6.72. The summed E-state index contributed by atoms with van der Waals surface area (Å²) in [5, 5.41) is 3.56. The third-order valence-corrected chi connectivity index (χ3v) is 4.18. The molecule has 0 aliphatic carbocycles. The summed E-state index contributed by atoms with van der Waals surface area (Å²) >= 11 is 0. The predicted molar refractivity (Wildman–Crippen MR) is 87.3 cm³/mol. The number of para-hydroxylation sites is 1. The highest BCUT2D eigenvalue weighted by Gasteiger charge is 2.20. The molecule has 1 aliphatic rings. The van der Waals surface area contributed by atoms with Gasteiger partial charge in [0.15, 0.2) is 0 Å². The van der Waals surface area contributed by atoms with Gasteiger partial charge in [-0.05, 0) is 42.6 Å². The molecule has 0 saturated carbocycles. The van der Waals surface area contributed by atoms with Crippen LogP contribution in [0.15, 0.2) is 48.7 Å². The van der Waals surface area contributed by atoms with Crippen molar-refractivity contribution in [3.63, 3.8) is 0 Å². The van der Waals surface area contributed by atoms with E-state index in [0.29, 0.717) is 5.92 Å². The second-order valence-electron chi connectivity index (χ2n) is 5.76. The van der Waals surface area contributed by atoms with Crippen molar-refractivity contribution in [2.75, 3.05) is 25.0 Å². The molecule has 110 valence electrons. The Balaban J connectivity index is 1.60. The van der Waals surface area contributed by atoms with E-state index in [1.54, 1.807) is 0 Å². The molecule has 1 N–H and O–H groups in total. The lowest BCUT2D eigenvalue weighted by atomic mass is 9.93. The SMILES string of the molecule is CCN(Cc1ccccn1)CC1CNc2ccccc2C1. The van der Waals surface area contributed by atoms with Gasteiger partial charge >= 0.3 is 0 Å². The molecule has 1 atom stereocenters. The molecule has 0 fully saturated rings. The van der Waals surface area contributed by atoms with Gasteiger partial charge in [-0.3, -0.25) is 9.88 Å². The Morgan fingerprint density at radius 2 is 2.05 bits per heavy atom. The van der Waals surface area contributed by atoms with E-state index in [9.17, 15) is 0 Å². The van der Waals surface area contributed by atoms with Crippen LogP contribution in [0.5, 0.6) is 0 Å². The normalized spacial score (nSPS) is 17.3. The van der Waals surface area contributed by atoms with Crippen molar-refractivity contribution in [1.82, 2.24) is 9.88 Å². The van der Waals surface area contributed by atoms with E-state index in [1.165, 1.54) is 17.7 Å². The molecule has 0 amide bonds. The van der Waals surface area contributed by atoms with Gasteiger partial charge in [0.1, 0.15) is 0 Å². The van der Waals surface area contributed by atoms with Crippen LogP contribution in [0.3, 0.4) is 0 Å². The van der Waals surface area contributed by atoms with Crippen LogP contribution in [0.25, 0.3) is 0 Å². The summed E-state index contributed by atoms with van der Waals surface area (Å²) in [6.45, 7) is 6.42. The zero-order valence-electron chi connectivity index (χ0n) is 12.6. The van der Waals surface area contributed by atoms with Gasteiger partial charge in [0, 0.05) is 31.5 Å². The summed E-state index contributed by atoms with van der Waals surface area (Å²) < 4.78 is 0. The number of nitrogens with zero attached hydrogens (tertiary/aromatic N) is 2. The molecule has 0 radical (unpaired) electrons. The number of aromatic nitrogens is 1. The Morgan fingerprint density at radius 3 is 2.86 bits per heavy atom. The Kier molecular flexibility index (Phi) is 4.51. The maximum Gasteiger partial charge on any atom is 0.0543 e. The third kappa shape index (κ3) is 3.61. The van der Waals surface area contributed by atoms with Gasteiger partial charge in [0.05, 0.1) is 5.69 Å². The fraction of sp³-hybridized carbons (Fsp3) is 0.389. The molecule has 2 aromatic rings. The van der Waals surface area contributed by atoms with Crippen LogP contribution < -0.4 is 5.32 Å². The Hall–Kier alpha value is -1.87. The predicted octanol–water partition coefficient (Wildman–Crippen LogP) is 3.19. The maximum atomic E-state index is 4.44. The van der Waals surface area contributed by atoms with Gasteiger partial charge < -0.3 is 5.32 Å². The Bertz CT molecular complexity index is 568. The van der Waals surface area contributed by atoms with E-state index in [1.807, 2.05) is 12.3 Å². The van der Waals surface area contributed by atoms with Crippen LogP contribution in [0.2, 0.25) is 0 Å². The van der Waals surface area contributed by atoms with Crippen LogP contribution >= 0.6 is 0 Å². The van der Waals surface area contributed by atoms with E-state index in [2.05, 4.69) is 58.5 Å². The van der Waals surface area contributed by atoms with Crippen LogP contribution in [-0.4, -0.2) is 29.5 Å². The fourth-order valence-corrected chi connectivity index (χ4v) is 3.03. The summed E-state index contributed by atoms with van der Waals surface area (Å²) in [5.41, 5.74) is 3.91. The van der Waals surface area contributed by atoms with E-state index in [4.69, 9.17) is 0 Å². The quantitative estimate of drug-likeness (QED) is 0.912. The molecule has 1 aliphatic heterocycles. The lowest BCUT2D eigenvalue weighted by molar-refractivity contribution is 0.233. The van der Waals surface area contributed by atoms with Crippen molar-refractivity contribution < 1.29 is 0 Å². The number of hydrogen-bond donors (Lipinski definition) is 1. The van der Waals surface area contributed by atoms with Crippen LogP contribution in [0, 0.1) is 5.92 Å². The third-order valence-electron chi connectivity index (χ3n) is 4.18. The van der Waals surface area contributed by atoms with Crippen molar-refractivity contribution in [2.45, 2.75) is 19.9 Å². The average Bonchev–Trinajstić information content (AvgIpc) is 2.55. The van der Waals surface area contributed by atoms with Gasteiger partial charge in [-0.2, -0.15) is 0 Å².